The number of pyridine rings is 2. The summed E-state index contributed by atoms with van der Waals surface area (Å²) >= 11 is 3.46. The molecule has 0 saturated heterocycles. The Kier molecular flexibility index (Phi) is 11.8. The van der Waals surface area contributed by atoms with E-state index in [2.05, 4.69) is 90.0 Å². The van der Waals surface area contributed by atoms with Gasteiger partial charge in [0.15, 0.2) is 0 Å². The standard InChI is InChI=1S/C15H15BrN.C15H16N.Ir/c1-11(2)8-12-6-7-15(17-10-12)13-4-3-5-14(16)9-13;1-12(2)10-13-8-9-15(16-11-13)14-6-4-3-5-7-14;/h3,5-7,9-11H,8H2,1-2H3;3-6,8-9,11-12H,10H2,1-2H3;/q2*-1;. The fraction of sp³-hybridized carbons (Fsp3) is 0.267. The summed E-state index contributed by atoms with van der Waals surface area (Å²) in [5.41, 5.74) is 6.63. The smallest absolute Gasteiger partial charge is 0.0192 e. The minimum absolute atomic E-state index is 0. The molecule has 2 aromatic carbocycles. The van der Waals surface area contributed by atoms with Gasteiger partial charge in [-0.2, -0.15) is 0 Å². The molecule has 0 aliphatic carbocycles. The summed E-state index contributed by atoms with van der Waals surface area (Å²) in [4.78, 5) is 8.96. The third-order valence-electron chi connectivity index (χ3n) is 4.96. The molecule has 2 aromatic heterocycles. The Morgan fingerprint density at radius 3 is 1.71 bits per heavy atom. The van der Waals surface area contributed by atoms with Crippen molar-refractivity contribution in [1.82, 2.24) is 9.97 Å². The number of halogens is 1. The Balaban J connectivity index is 0.000000234. The number of hydrogen-bond acceptors (Lipinski definition) is 2. The van der Waals surface area contributed by atoms with Crippen LogP contribution in [0.15, 0.2) is 83.6 Å². The van der Waals surface area contributed by atoms with Crippen molar-refractivity contribution in [2.75, 3.05) is 0 Å². The first-order chi connectivity index (χ1) is 15.9. The van der Waals surface area contributed by atoms with E-state index in [0.717, 1.165) is 39.8 Å². The zero-order chi connectivity index (χ0) is 23.6. The van der Waals surface area contributed by atoms with E-state index in [4.69, 9.17) is 0 Å². The van der Waals surface area contributed by atoms with Crippen LogP contribution in [0.3, 0.4) is 0 Å². The molecule has 0 saturated carbocycles. The molecule has 0 amide bonds. The van der Waals surface area contributed by atoms with Gasteiger partial charge < -0.3 is 9.97 Å². The molecule has 4 aromatic rings. The van der Waals surface area contributed by atoms with Gasteiger partial charge in [0.25, 0.3) is 0 Å². The molecule has 0 aliphatic rings. The van der Waals surface area contributed by atoms with Gasteiger partial charge in [0, 0.05) is 32.5 Å². The second-order valence-electron chi connectivity index (χ2n) is 9.00. The molecule has 2 nitrogen and oxygen atoms in total. The van der Waals surface area contributed by atoms with Crippen LogP contribution in [-0.4, -0.2) is 9.97 Å². The van der Waals surface area contributed by atoms with Crippen LogP contribution in [0.25, 0.3) is 22.5 Å². The monoisotopic (exact) mass is 691 g/mol. The molecule has 34 heavy (non-hydrogen) atoms. The van der Waals surface area contributed by atoms with Crippen molar-refractivity contribution in [2.24, 2.45) is 11.8 Å². The molecular weight excluding hydrogens is 660 g/mol. The molecule has 4 rings (SSSR count). The van der Waals surface area contributed by atoms with Crippen LogP contribution >= 0.6 is 15.9 Å². The van der Waals surface area contributed by atoms with Crippen molar-refractivity contribution >= 4 is 15.9 Å². The molecular formula is C30H31BrIrN2-2. The summed E-state index contributed by atoms with van der Waals surface area (Å²) in [7, 11) is 0. The fourth-order valence-electron chi connectivity index (χ4n) is 3.49. The van der Waals surface area contributed by atoms with Gasteiger partial charge in [0.1, 0.15) is 0 Å². The van der Waals surface area contributed by atoms with Crippen LogP contribution < -0.4 is 0 Å². The Bertz CT molecular complexity index is 1110. The topological polar surface area (TPSA) is 25.8 Å². The Morgan fingerprint density at radius 1 is 0.706 bits per heavy atom. The summed E-state index contributed by atoms with van der Waals surface area (Å²) in [6.07, 6.45) is 6.10. The predicted molar refractivity (Wildman–Crippen MR) is 142 cm³/mol. The Hall–Kier alpha value is -2.13. The second kappa shape index (κ2) is 14.3. The maximum absolute atomic E-state index is 4.49. The SMILES string of the molecule is CC(C)Cc1ccc(-c2[c-]ccc(Br)c2)nc1.CC(C)Cc1ccc(-c2[c-]cccc2)nc1.[Ir]. The number of rotatable bonds is 6. The molecule has 2 heterocycles. The number of hydrogen-bond donors (Lipinski definition) is 0. The second-order valence-corrected chi connectivity index (χ2v) is 9.91. The van der Waals surface area contributed by atoms with Crippen LogP contribution in [-0.2, 0) is 32.9 Å². The van der Waals surface area contributed by atoms with E-state index in [1.165, 1.54) is 11.1 Å². The molecule has 1 radical (unpaired) electrons. The molecule has 0 fully saturated rings. The van der Waals surface area contributed by atoms with Gasteiger partial charge in [-0.3, -0.25) is 0 Å². The predicted octanol–water partition coefficient (Wildman–Crippen LogP) is 8.25. The van der Waals surface area contributed by atoms with Gasteiger partial charge in [0.05, 0.1) is 0 Å². The van der Waals surface area contributed by atoms with Crippen LogP contribution in [0.1, 0.15) is 38.8 Å². The quantitative estimate of drug-likeness (QED) is 0.191. The zero-order valence-corrected chi connectivity index (χ0v) is 24.2. The molecule has 0 atom stereocenters. The average molecular weight is 692 g/mol. The minimum Gasteiger partial charge on any atom is -0.304 e. The van der Waals surface area contributed by atoms with Gasteiger partial charge in [-0.15, -0.1) is 65.7 Å². The molecule has 0 aliphatic heterocycles. The van der Waals surface area contributed by atoms with E-state index in [-0.39, 0.29) is 20.1 Å². The van der Waals surface area contributed by atoms with Gasteiger partial charge >= 0.3 is 0 Å². The number of aromatic nitrogens is 2. The molecule has 0 N–H and O–H groups in total. The normalized spacial score (nSPS) is 10.4. The summed E-state index contributed by atoms with van der Waals surface area (Å²) < 4.78 is 1.05. The largest absolute Gasteiger partial charge is 0.304 e. The van der Waals surface area contributed by atoms with Crippen LogP contribution in [0, 0.1) is 24.0 Å². The van der Waals surface area contributed by atoms with Gasteiger partial charge in [-0.05, 0) is 47.2 Å². The van der Waals surface area contributed by atoms with E-state index < -0.39 is 0 Å². The van der Waals surface area contributed by atoms with Crippen molar-refractivity contribution in [3.63, 3.8) is 0 Å². The summed E-state index contributed by atoms with van der Waals surface area (Å²) in [6.45, 7) is 8.88. The van der Waals surface area contributed by atoms with Crippen molar-refractivity contribution < 1.29 is 20.1 Å². The number of benzene rings is 2. The third kappa shape index (κ3) is 9.25. The Morgan fingerprint density at radius 2 is 1.26 bits per heavy atom. The fourth-order valence-corrected chi connectivity index (χ4v) is 3.85. The summed E-state index contributed by atoms with van der Waals surface area (Å²) in [6, 6.07) is 28.7. The maximum Gasteiger partial charge on any atom is 0.0192 e. The van der Waals surface area contributed by atoms with Gasteiger partial charge in [-0.25, -0.2) is 0 Å². The van der Waals surface area contributed by atoms with Crippen molar-refractivity contribution in [1.29, 1.82) is 0 Å². The van der Waals surface area contributed by atoms with E-state index in [1.54, 1.807) is 0 Å². The van der Waals surface area contributed by atoms with Crippen molar-refractivity contribution in [2.45, 2.75) is 40.5 Å². The van der Waals surface area contributed by atoms with Gasteiger partial charge in [0.2, 0.25) is 0 Å². The third-order valence-corrected chi connectivity index (χ3v) is 5.46. The molecule has 0 unspecified atom stereocenters. The first-order valence-corrected chi connectivity index (χ1v) is 12.2. The van der Waals surface area contributed by atoms with Crippen LogP contribution in [0.2, 0.25) is 0 Å². The first kappa shape index (κ1) is 28.1. The number of nitrogens with zero attached hydrogens (tertiary/aromatic N) is 2. The zero-order valence-electron chi connectivity index (χ0n) is 20.2. The molecule has 179 valence electrons. The van der Waals surface area contributed by atoms with Gasteiger partial charge in [-0.1, -0.05) is 72.4 Å². The van der Waals surface area contributed by atoms with E-state index in [1.807, 2.05) is 54.9 Å². The van der Waals surface area contributed by atoms with E-state index in [9.17, 15) is 0 Å². The molecule has 4 heteroatoms. The van der Waals surface area contributed by atoms with E-state index >= 15 is 0 Å². The van der Waals surface area contributed by atoms with Crippen molar-refractivity contribution in [3.8, 4) is 22.5 Å². The Labute approximate surface area is 226 Å². The minimum atomic E-state index is 0. The van der Waals surface area contributed by atoms with Crippen LogP contribution in [0.5, 0.6) is 0 Å². The summed E-state index contributed by atoms with van der Waals surface area (Å²) in [5.74, 6) is 1.34. The average Bonchev–Trinajstić information content (AvgIpc) is 2.80. The first-order valence-electron chi connectivity index (χ1n) is 11.4. The van der Waals surface area contributed by atoms with E-state index in [0.29, 0.717) is 11.8 Å². The summed E-state index contributed by atoms with van der Waals surface area (Å²) in [5, 5.41) is 0. The van der Waals surface area contributed by atoms with Crippen molar-refractivity contribution in [3.05, 3.63) is 107 Å². The maximum atomic E-state index is 4.49. The molecule has 0 bridgehead atoms. The van der Waals surface area contributed by atoms with Crippen LogP contribution in [0.4, 0.5) is 0 Å². The molecule has 0 spiro atoms.